The van der Waals surface area contributed by atoms with E-state index in [-0.39, 0.29) is 24.4 Å². The van der Waals surface area contributed by atoms with E-state index in [0.29, 0.717) is 21.5 Å². The Labute approximate surface area is 130 Å². The molecule has 3 rings (SSSR count). The van der Waals surface area contributed by atoms with Gasteiger partial charge in [-0.25, -0.2) is 4.39 Å². The first-order valence-corrected chi connectivity index (χ1v) is 6.79. The van der Waals surface area contributed by atoms with Gasteiger partial charge in [0.25, 0.3) is 0 Å². The number of rotatable bonds is 3. The second-order valence-electron chi connectivity index (χ2n) is 4.75. The van der Waals surface area contributed by atoms with E-state index in [4.69, 9.17) is 22.0 Å². The van der Waals surface area contributed by atoms with Gasteiger partial charge in [0.2, 0.25) is 0 Å². The van der Waals surface area contributed by atoms with Gasteiger partial charge in [-0.15, -0.1) is 0 Å². The van der Waals surface area contributed by atoms with E-state index in [1.807, 2.05) is 6.07 Å². The molecule has 0 saturated heterocycles. The molecule has 0 bridgehead atoms. The van der Waals surface area contributed by atoms with Crippen LogP contribution in [0.25, 0.3) is 10.9 Å². The molecule has 2 heterocycles. The van der Waals surface area contributed by atoms with Crippen LogP contribution in [0.3, 0.4) is 0 Å². The third-order valence-electron chi connectivity index (χ3n) is 3.29. The Hall–Kier alpha value is -2.49. The van der Waals surface area contributed by atoms with Crippen molar-refractivity contribution in [3.05, 3.63) is 58.3 Å². The monoisotopic (exact) mass is 316 g/mol. The smallest absolute Gasteiger partial charge is 0.149 e. The Bertz CT molecular complexity index is 900. The highest BCUT2D eigenvalue weighted by Crippen LogP contribution is 2.22. The number of pyridine rings is 1. The van der Waals surface area contributed by atoms with Crippen LogP contribution in [0.2, 0.25) is 5.02 Å². The lowest BCUT2D eigenvalue weighted by atomic mass is 10.1. The van der Waals surface area contributed by atoms with Gasteiger partial charge in [0.05, 0.1) is 24.4 Å². The molecule has 0 radical (unpaired) electrons. The van der Waals surface area contributed by atoms with E-state index in [2.05, 4.69) is 10.1 Å². The number of aromatic nitrogens is 3. The quantitative estimate of drug-likeness (QED) is 0.806. The first-order valence-electron chi connectivity index (χ1n) is 6.41. The fourth-order valence-electron chi connectivity index (χ4n) is 2.29. The van der Waals surface area contributed by atoms with Crippen molar-refractivity contribution >= 4 is 22.5 Å². The molecule has 5 nitrogen and oxygen atoms in total. The van der Waals surface area contributed by atoms with Gasteiger partial charge in [0.15, 0.2) is 0 Å². The van der Waals surface area contributed by atoms with E-state index >= 15 is 0 Å². The van der Waals surface area contributed by atoms with Crippen LogP contribution >= 0.6 is 11.6 Å². The van der Waals surface area contributed by atoms with Crippen molar-refractivity contribution in [1.29, 1.82) is 5.26 Å². The number of aliphatic hydroxyl groups is 1. The average molecular weight is 317 g/mol. The second-order valence-corrected chi connectivity index (χ2v) is 5.19. The zero-order valence-corrected chi connectivity index (χ0v) is 12.0. The van der Waals surface area contributed by atoms with Gasteiger partial charge in [-0.05, 0) is 23.8 Å². The maximum atomic E-state index is 14.1. The summed E-state index contributed by atoms with van der Waals surface area (Å²) in [4.78, 5) is 3.96. The van der Waals surface area contributed by atoms with Gasteiger partial charge >= 0.3 is 0 Å². The van der Waals surface area contributed by atoms with Crippen LogP contribution in [0.15, 0.2) is 30.6 Å². The summed E-state index contributed by atoms with van der Waals surface area (Å²) in [5.74, 6) is -0.461. The lowest BCUT2D eigenvalue weighted by Crippen LogP contribution is -2.05. The number of nitriles is 1. The van der Waals surface area contributed by atoms with Crippen molar-refractivity contribution in [2.45, 2.75) is 13.2 Å². The predicted octanol–water partition coefficient (Wildman–Crippen LogP) is 2.64. The highest BCUT2D eigenvalue weighted by atomic mass is 35.5. The number of nitrogens with zero attached hydrogens (tertiary/aromatic N) is 4. The highest BCUT2D eigenvalue weighted by Gasteiger charge is 2.12. The molecule has 0 aliphatic carbocycles. The molecule has 1 N–H and O–H groups in total. The van der Waals surface area contributed by atoms with E-state index in [1.165, 1.54) is 23.1 Å². The molecule has 110 valence electrons. The molecule has 0 fully saturated rings. The Kier molecular flexibility index (Phi) is 3.75. The van der Waals surface area contributed by atoms with Gasteiger partial charge in [0.1, 0.15) is 23.1 Å². The summed E-state index contributed by atoms with van der Waals surface area (Å²) >= 11 is 5.88. The SMILES string of the molecule is N#Cc1c(CO)cnn1Cc1cc(F)c2ncc(Cl)cc2c1. The molecule has 22 heavy (non-hydrogen) atoms. The van der Waals surface area contributed by atoms with Crippen molar-refractivity contribution in [3.63, 3.8) is 0 Å². The fraction of sp³-hybridized carbons (Fsp3) is 0.133. The molecule has 7 heteroatoms. The number of hydrogen-bond donors (Lipinski definition) is 1. The van der Waals surface area contributed by atoms with Crippen LogP contribution < -0.4 is 0 Å². The molecule has 0 amide bonds. The first-order chi connectivity index (χ1) is 10.6. The number of aliphatic hydroxyl groups excluding tert-OH is 1. The minimum Gasteiger partial charge on any atom is -0.392 e. The molecule has 3 aromatic rings. The summed E-state index contributed by atoms with van der Waals surface area (Å²) in [5, 5.41) is 23.3. The second kappa shape index (κ2) is 5.72. The summed E-state index contributed by atoms with van der Waals surface area (Å²) < 4.78 is 15.5. The minimum atomic E-state index is -0.461. The molecule has 0 atom stereocenters. The number of benzene rings is 1. The molecule has 2 aromatic heterocycles. The van der Waals surface area contributed by atoms with Crippen LogP contribution in [0.4, 0.5) is 4.39 Å². The summed E-state index contributed by atoms with van der Waals surface area (Å²) in [6, 6.07) is 6.72. The van der Waals surface area contributed by atoms with Gasteiger partial charge in [0, 0.05) is 17.1 Å². The third-order valence-corrected chi connectivity index (χ3v) is 3.49. The Morgan fingerprint density at radius 1 is 1.32 bits per heavy atom. The molecular weight excluding hydrogens is 307 g/mol. The van der Waals surface area contributed by atoms with Gasteiger partial charge in [-0.3, -0.25) is 9.67 Å². The Morgan fingerprint density at radius 3 is 2.86 bits per heavy atom. The molecule has 0 aliphatic rings. The largest absolute Gasteiger partial charge is 0.392 e. The predicted molar refractivity (Wildman–Crippen MR) is 78.7 cm³/mol. The third kappa shape index (κ3) is 2.52. The lowest BCUT2D eigenvalue weighted by molar-refractivity contribution is 0.281. The number of halogens is 2. The number of fused-ring (bicyclic) bond motifs is 1. The van der Waals surface area contributed by atoms with E-state index in [1.54, 1.807) is 12.1 Å². The molecule has 0 unspecified atom stereocenters. The molecular formula is C15H10ClFN4O. The highest BCUT2D eigenvalue weighted by molar-refractivity contribution is 6.31. The Morgan fingerprint density at radius 2 is 2.14 bits per heavy atom. The molecule has 1 aromatic carbocycles. The average Bonchev–Trinajstić information content (AvgIpc) is 2.88. The van der Waals surface area contributed by atoms with E-state index in [0.717, 1.165) is 0 Å². The molecule has 0 spiro atoms. The van der Waals surface area contributed by atoms with Crippen LogP contribution in [0.1, 0.15) is 16.8 Å². The van der Waals surface area contributed by atoms with Crippen LogP contribution in [0.5, 0.6) is 0 Å². The van der Waals surface area contributed by atoms with Crippen LogP contribution in [0, 0.1) is 17.1 Å². The van der Waals surface area contributed by atoms with Crippen molar-refractivity contribution in [1.82, 2.24) is 14.8 Å². The van der Waals surface area contributed by atoms with Crippen molar-refractivity contribution < 1.29 is 9.50 Å². The van der Waals surface area contributed by atoms with Crippen LogP contribution in [-0.4, -0.2) is 19.9 Å². The zero-order valence-electron chi connectivity index (χ0n) is 11.3. The summed E-state index contributed by atoms with van der Waals surface area (Å²) in [5.41, 5.74) is 1.56. The van der Waals surface area contributed by atoms with E-state index < -0.39 is 5.82 Å². The van der Waals surface area contributed by atoms with Gasteiger partial charge < -0.3 is 5.11 Å². The molecule has 0 aliphatic heterocycles. The Balaban J connectivity index is 2.05. The summed E-state index contributed by atoms with van der Waals surface area (Å²) in [6.07, 6.45) is 2.82. The first kappa shape index (κ1) is 14.4. The standard InChI is InChI=1S/C15H10ClFN4O/c16-12-3-10-1-9(2-13(17)15(10)19-6-12)7-21-14(4-18)11(8-22)5-20-21/h1-3,5-6,22H,7-8H2. The zero-order chi connectivity index (χ0) is 15.7. The normalized spacial score (nSPS) is 10.8. The van der Waals surface area contributed by atoms with Gasteiger partial charge in [-0.2, -0.15) is 10.4 Å². The number of hydrogen-bond acceptors (Lipinski definition) is 4. The maximum Gasteiger partial charge on any atom is 0.149 e. The topological polar surface area (TPSA) is 74.7 Å². The minimum absolute atomic E-state index is 0.211. The maximum absolute atomic E-state index is 14.1. The molecule has 0 saturated carbocycles. The summed E-state index contributed by atoms with van der Waals surface area (Å²) in [7, 11) is 0. The van der Waals surface area contributed by atoms with Crippen molar-refractivity contribution in [2.24, 2.45) is 0 Å². The lowest BCUT2D eigenvalue weighted by Gasteiger charge is -2.07. The van der Waals surface area contributed by atoms with E-state index in [9.17, 15) is 4.39 Å². The van der Waals surface area contributed by atoms with Gasteiger partial charge in [-0.1, -0.05) is 11.6 Å². The van der Waals surface area contributed by atoms with Crippen molar-refractivity contribution in [3.8, 4) is 6.07 Å². The summed E-state index contributed by atoms with van der Waals surface area (Å²) in [6.45, 7) is -0.0588. The van der Waals surface area contributed by atoms with Crippen molar-refractivity contribution in [2.75, 3.05) is 0 Å². The fourth-order valence-corrected chi connectivity index (χ4v) is 2.46. The van der Waals surface area contributed by atoms with Crippen LogP contribution in [-0.2, 0) is 13.2 Å².